The average Bonchev–Trinajstić information content (AvgIpc) is 2.92. The number of benzene rings is 1. The van der Waals surface area contributed by atoms with Crippen molar-refractivity contribution in [2.75, 3.05) is 30.4 Å². The molecular weight excluding hydrogens is 240 g/mol. The van der Waals surface area contributed by atoms with Crippen molar-refractivity contribution in [2.45, 2.75) is 31.8 Å². The average molecular weight is 262 g/mol. The lowest BCUT2D eigenvalue weighted by atomic mass is 10.0. The first-order valence-electron chi connectivity index (χ1n) is 6.96. The lowest BCUT2D eigenvalue weighted by Gasteiger charge is -2.25. The molecule has 2 aliphatic heterocycles. The fourth-order valence-corrected chi connectivity index (χ4v) is 4.21. The first-order chi connectivity index (χ1) is 8.83. The Kier molecular flexibility index (Phi) is 3.80. The molecule has 3 heteroatoms. The molecule has 0 aliphatic carbocycles. The van der Waals surface area contributed by atoms with Crippen molar-refractivity contribution >= 4 is 17.4 Å². The van der Waals surface area contributed by atoms with E-state index >= 15 is 0 Å². The van der Waals surface area contributed by atoms with Crippen LogP contribution < -0.4 is 5.32 Å². The maximum Gasteiger partial charge on any atom is 0.0372 e. The minimum Gasteiger partial charge on any atom is -0.385 e. The third-order valence-electron chi connectivity index (χ3n) is 4.07. The molecule has 2 heterocycles. The van der Waals surface area contributed by atoms with E-state index in [1.807, 2.05) is 0 Å². The van der Waals surface area contributed by atoms with Gasteiger partial charge in [0.05, 0.1) is 0 Å². The molecule has 0 aromatic heterocycles. The number of aryl methyl sites for hydroxylation is 1. The zero-order valence-corrected chi connectivity index (χ0v) is 11.9. The summed E-state index contributed by atoms with van der Waals surface area (Å²) < 4.78 is 0. The van der Waals surface area contributed by atoms with E-state index in [2.05, 4.69) is 47.2 Å². The third kappa shape index (κ3) is 2.67. The van der Waals surface area contributed by atoms with Crippen LogP contribution in [0.3, 0.4) is 0 Å². The molecule has 0 radical (unpaired) electrons. The van der Waals surface area contributed by atoms with Gasteiger partial charge in [0.15, 0.2) is 0 Å². The Morgan fingerprint density at radius 1 is 1.44 bits per heavy atom. The predicted molar refractivity (Wildman–Crippen MR) is 80.4 cm³/mol. The number of anilines is 1. The maximum atomic E-state index is 3.48. The van der Waals surface area contributed by atoms with E-state index in [4.69, 9.17) is 0 Å². The molecule has 1 aromatic rings. The second kappa shape index (κ2) is 5.54. The molecule has 1 atom stereocenters. The van der Waals surface area contributed by atoms with Crippen LogP contribution in [0.5, 0.6) is 0 Å². The minimum absolute atomic E-state index is 0.782. The van der Waals surface area contributed by atoms with Crippen molar-refractivity contribution in [2.24, 2.45) is 0 Å². The quantitative estimate of drug-likeness (QED) is 0.901. The molecule has 98 valence electrons. The van der Waals surface area contributed by atoms with Gasteiger partial charge >= 0.3 is 0 Å². The maximum absolute atomic E-state index is 3.48. The van der Waals surface area contributed by atoms with Crippen molar-refractivity contribution in [3.63, 3.8) is 0 Å². The standard InChI is InChI=1S/C15H22N2S/c1-17(14-6-8-18-11-14)10-12-4-5-15-13(9-12)3-2-7-16-15/h4-5,9,14,16H,2-3,6-8,10-11H2,1H3. The Morgan fingerprint density at radius 2 is 2.39 bits per heavy atom. The van der Waals surface area contributed by atoms with Gasteiger partial charge < -0.3 is 5.32 Å². The van der Waals surface area contributed by atoms with Crippen molar-refractivity contribution < 1.29 is 0 Å². The molecule has 0 saturated carbocycles. The van der Waals surface area contributed by atoms with Crippen LogP contribution in [0.2, 0.25) is 0 Å². The van der Waals surface area contributed by atoms with Crippen molar-refractivity contribution in [3.05, 3.63) is 29.3 Å². The van der Waals surface area contributed by atoms with Gasteiger partial charge in [-0.05, 0) is 49.3 Å². The fourth-order valence-electron chi connectivity index (χ4n) is 2.91. The predicted octanol–water partition coefficient (Wildman–Crippen LogP) is 2.98. The number of nitrogens with one attached hydrogen (secondary N) is 1. The van der Waals surface area contributed by atoms with Gasteiger partial charge in [-0.2, -0.15) is 11.8 Å². The van der Waals surface area contributed by atoms with Gasteiger partial charge in [-0.25, -0.2) is 0 Å². The number of nitrogens with zero attached hydrogens (tertiary/aromatic N) is 1. The summed E-state index contributed by atoms with van der Waals surface area (Å²) in [6.45, 7) is 2.23. The number of rotatable bonds is 3. The van der Waals surface area contributed by atoms with Gasteiger partial charge in [0.2, 0.25) is 0 Å². The van der Waals surface area contributed by atoms with Crippen molar-refractivity contribution in [3.8, 4) is 0 Å². The molecule has 2 aliphatic rings. The van der Waals surface area contributed by atoms with Crippen LogP contribution in [-0.2, 0) is 13.0 Å². The van der Waals surface area contributed by atoms with Crippen LogP contribution in [0.15, 0.2) is 18.2 Å². The highest BCUT2D eigenvalue weighted by Crippen LogP contribution is 2.25. The van der Waals surface area contributed by atoms with Gasteiger partial charge in [0.25, 0.3) is 0 Å². The van der Waals surface area contributed by atoms with Crippen LogP contribution in [-0.4, -0.2) is 36.0 Å². The summed E-state index contributed by atoms with van der Waals surface area (Å²) in [5, 5.41) is 3.48. The summed E-state index contributed by atoms with van der Waals surface area (Å²) in [5.41, 5.74) is 4.33. The van der Waals surface area contributed by atoms with Crippen LogP contribution in [0.1, 0.15) is 24.0 Å². The van der Waals surface area contributed by atoms with E-state index in [9.17, 15) is 0 Å². The number of hydrogen-bond acceptors (Lipinski definition) is 3. The van der Waals surface area contributed by atoms with Gasteiger partial charge in [-0.15, -0.1) is 0 Å². The summed E-state index contributed by atoms with van der Waals surface area (Å²) in [6, 6.07) is 7.74. The molecule has 1 fully saturated rings. The first kappa shape index (κ1) is 12.4. The summed E-state index contributed by atoms with van der Waals surface area (Å²) in [6.07, 6.45) is 3.86. The normalized spacial score (nSPS) is 22.9. The van der Waals surface area contributed by atoms with Crippen molar-refractivity contribution in [1.29, 1.82) is 0 Å². The van der Waals surface area contributed by atoms with Crippen molar-refractivity contribution in [1.82, 2.24) is 4.90 Å². The third-order valence-corrected chi connectivity index (χ3v) is 5.21. The van der Waals surface area contributed by atoms with Gasteiger partial charge in [-0.1, -0.05) is 12.1 Å². The second-order valence-electron chi connectivity index (χ2n) is 5.45. The van der Waals surface area contributed by atoms with Crippen LogP contribution >= 0.6 is 11.8 Å². The SMILES string of the molecule is CN(Cc1ccc2c(c1)CCCN2)C1CCSC1. The molecule has 1 saturated heterocycles. The van der Waals surface area contributed by atoms with E-state index in [0.717, 1.165) is 19.1 Å². The highest BCUT2D eigenvalue weighted by Gasteiger charge is 2.20. The van der Waals surface area contributed by atoms with Crippen LogP contribution in [0.25, 0.3) is 0 Å². The Bertz CT molecular complexity index is 413. The molecule has 0 spiro atoms. The Hall–Kier alpha value is -0.670. The summed E-state index contributed by atoms with van der Waals surface area (Å²) in [4.78, 5) is 2.53. The van der Waals surface area contributed by atoms with Crippen LogP contribution in [0, 0.1) is 0 Å². The molecule has 0 bridgehead atoms. The van der Waals surface area contributed by atoms with Gasteiger partial charge in [0.1, 0.15) is 0 Å². The zero-order valence-electron chi connectivity index (χ0n) is 11.1. The van der Waals surface area contributed by atoms with E-state index in [1.54, 1.807) is 0 Å². The van der Waals surface area contributed by atoms with E-state index in [0.29, 0.717) is 0 Å². The van der Waals surface area contributed by atoms with Gasteiger partial charge in [0, 0.05) is 30.6 Å². The highest BCUT2D eigenvalue weighted by molar-refractivity contribution is 7.99. The highest BCUT2D eigenvalue weighted by atomic mass is 32.2. The molecule has 0 amide bonds. The molecule has 2 nitrogen and oxygen atoms in total. The first-order valence-corrected chi connectivity index (χ1v) is 8.12. The number of thioether (sulfide) groups is 1. The summed E-state index contributed by atoms with van der Waals surface area (Å²) in [5.74, 6) is 2.64. The Morgan fingerprint density at radius 3 is 3.22 bits per heavy atom. The number of hydrogen-bond donors (Lipinski definition) is 1. The van der Waals surface area contributed by atoms with E-state index < -0.39 is 0 Å². The monoisotopic (exact) mass is 262 g/mol. The van der Waals surface area contributed by atoms with Crippen LogP contribution in [0.4, 0.5) is 5.69 Å². The second-order valence-corrected chi connectivity index (χ2v) is 6.60. The lowest BCUT2D eigenvalue weighted by Crippen LogP contribution is -2.30. The molecule has 1 N–H and O–H groups in total. The molecule has 1 aromatic carbocycles. The van der Waals surface area contributed by atoms with E-state index in [-0.39, 0.29) is 0 Å². The number of fused-ring (bicyclic) bond motifs is 1. The summed E-state index contributed by atoms with van der Waals surface area (Å²) >= 11 is 2.09. The topological polar surface area (TPSA) is 15.3 Å². The lowest BCUT2D eigenvalue weighted by molar-refractivity contribution is 0.254. The zero-order chi connectivity index (χ0) is 12.4. The Balaban J connectivity index is 1.68. The molecular formula is C15H22N2S. The Labute approximate surface area is 114 Å². The molecule has 18 heavy (non-hydrogen) atoms. The smallest absolute Gasteiger partial charge is 0.0372 e. The largest absolute Gasteiger partial charge is 0.385 e. The summed E-state index contributed by atoms with van der Waals surface area (Å²) in [7, 11) is 2.27. The van der Waals surface area contributed by atoms with E-state index in [1.165, 1.54) is 47.6 Å². The van der Waals surface area contributed by atoms with Gasteiger partial charge in [-0.3, -0.25) is 4.90 Å². The fraction of sp³-hybridized carbons (Fsp3) is 0.600. The molecule has 3 rings (SSSR count). The molecule has 1 unspecified atom stereocenters. The minimum atomic E-state index is 0.782.